The number of nitrogens with two attached hydrogens (primary N) is 1. The molecule has 0 spiro atoms. The second-order valence-corrected chi connectivity index (χ2v) is 4.60. The van der Waals surface area contributed by atoms with Crippen LogP contribution in [0.1, 0.15) is 12.5 Å². The lowest BCUT2D eigenvalue weighted by molar-refractivity contribution is 0.285. The van der Waals surface area contributed by atoms with Crippen molar-refractivity contribution in [1.29, 1.82) is 0 Å². The summed E-state index contributed by atoms with van der Waals surface area (Å²) in [6.07, 6.45) is 0. The average molecular weight is 211 g/mol. The number of aliphatic hydroxyl groups excluding tert-OH is 1. The van der Waals surface area contributed by atoms with Gasteiger partial charge in [0.15, 0.2) is 0 Å². The molecule has 3 heteroatoms. The quantitative estimate of drug-likeness (QED) is 0.778. The molecule has 1 aromatic carbocycles. The van der Waals surface area contributed by atoms with Gasteiger partial charge in [-0.25, -0.2) is 0 Å². The van der Waals surface area contributed by atoms with Gasteiger partial charge in [0.2, 0.25) is 0 Å². The molecule has 0 aromatic heterocycles. The number of aliphatic hydroxyl groups is 1. The Kier molecular flexibility index (Phi) is 5.01. The van der Waals surface area contributed by atoms with Gasteiger partial charge in [-0.1, -0.05) is 30.3 Å². The van der Waals surface area contributed by atoms with Crippen molar-refractivity contribution in [3.63, 3.8) is 0 Å². The zero-order valence-electron chi connectivity index (χ0n) is 8.39. The van der Waals surface area contributed by atoms with Crippen molar-refractivity contribution in [2.45, 2.75) is 24.0 Å². The Hall–Kier alpha value is -0.510. The Morgan fingerprint density at radius 3 is 2.50 bits per heavy atom. The number of rotatable bonds is 5. The van der Waals surface area contributed by atoms with Crippen LogP contribution in [-0.4, -0.2) is 23.0 Å². The van der Waals surface area contributed by atoms with E-state index in [1.54, 1.807) is 11.8 Å². The van der Waals surface area contributed by atoms with E-state index in [1.165, 1.54) is 5.56 Å². The summed E-state index contributed by atoms with van der Waals surface area (Å²) in [6, 6.07) is 10.3. The van der Waals surface area contributed by atoms with Gasteiger partial charge in [0.05, 0.1) is 6.61 Å². The summed E-state index contributed by atoms with van der Waals surface area (Å²) < 4.78 is 0. The molecule has 1 aromatic rings. The van der Waals surface area contributed by atoms with Gasteiger partial charge in [-0.2, -0.15) is 0 Å². The van der Waals surface area contributed by atoms with E-state index in [2.05, 4.69) is 12.1 Å². The fourth-order valence-electron chi connectivity index (χ4n) is 1.15. The minimum Gasteiger partial charge on any atom is -0.395 e. The molecular formula is C11H17NOS. The molecule has 14 heavy (non-hydrogen) atoms. The summed E-state index contributed by atoms with van der Waals surface area (Å²) in [6.45, 7) is 2.08. The van der Waals surface area contributed by atoms with Crippen LogP contribution >= 0.6 is 11.8 Å². The lowest BCUT2D eigenvalue weighted by atomic mass is 10.2. The molecule has 3 N–H and O–H groups in total. The van der Waals surface area contributed by atoms with Gasteiger partial charge in [0.1, 0.15) is 0 Å². The molecule has 0 amide bonds. The molecular weight excluding hydrogens is 194 g/mol. The maximum Gasteiger partial charge on any atom is 0.0565 e. The summed E-state index contributed by atoms with van der Waals surface area (Å²) in [5.41, 5.74) is 7.01. The van der Waals surface area contributed by atoms with Crippen LogP contribution in [0.25, 0.3) is 0 Å². The highest BCUT2D eigenvalue weighted by atomic mass is 32.2. The molecule has 0 heterocycles. The molecule has 2 atom stereocenters. The molecule has 78 valence electrons. The van der Waals surface area contributed by atoms with Gasteiger partial charge in [-0.05, 0) is 12.5 Å². The number of hydrogen-bond donors (Lipinski definition) is 2. The van der Waals surface area contributed by atoms with Crippen LogP contribution in [-0.2, 0) is 5.75 Å². The predicted octanol–water partition coefficient (Wildman–Crippen LogP) is 1.63. The van der Waals surface area contributed by atoms with E-state index in [-0.39, 0.29) is 17.9 Å². The maximum atomic E-state index is 9.07. The summed E-state index contributed by atoms with van der Waals surface area (Å²) >= 11 is 1.71. The van der Waals surface area contributed by atoms with Crippen LogP contribution in [0.4, 0.5) is 0 Å². The normalized spacial score (nSPS) is 15.1. The first kappa shape index (κ1) is 11.6. The molecule has 0 aliphatic heterocycles. The van der Waals surface area contributed by atoms with Gasteiger partial charge in [-0.3, -0.25) is 0 Å². The van der Waals surface area contributed by atoms with E-state index in [1.807, 2.05) is 25.1 Å². The standard InChI is InChI=1S/C11H17NOS/c1-9(12)11(7-13)14-8-10-5-3-2-4-6-10/h2-6,9,11,13H,7-8,12H2,1H3. The Bertz CT molecular complexity index is 251. The summed E-state index contributed by atoms with van der Waals surface area (Å²) in [5.74, 6) is 0.910. The minimum atomic E-state index is 0.0358. The lowest BCUT2D eigenvalue weighted by Gasteiger charge is -2.17. The third-order valence-corrected chi connectivity index (χ3v) is 3.58. The molecule has 0 saturated carbocycles. The van der Waals surface area contributed by atoms with Gasteiger partial charge in [0, 0.05) is 17.0 Å². The van der Waals surface area contributed by atoms with E-state index in [0.29, 0.717) is 0 Å². The van der Waals surface area contributed by atoms with Gasteiger partial charge >= 0.3 is 0 Å². The van der Waals surface area contributed by atoms with Crippen molar-refractivity contribution in [2.24, 2.45) is 5.73 Å². The van der Waals surface area contributed by atoms with Crippen LogP contribution in [0.2, 0.25) is 0 Å². The highest BCUT2D eigenvalue weighted by Crippen LogP contribution is 2.19. The highest BCUT2D eigenvalue weighted by Gasteiger charge is 2.12. The first-order valence-corrected chi connectivity index (χ1v) is 5.81. The van der Waals surface area contributed by atoms with E-state index >= 15 is 0 Å². The van der Waals surface area contributed by atoms with E-state index < -0.39 is 0 Å². The third-order valence-electron chi connectivity index (χ3n) is 2.07. The van der Waals surface area contributed by atoms with E-state index in [9.17, 15) is 0 Å². The summed E-state index contributed by atoms with van der Waals surface area (Å²) in [4.78, 5) is 0. The average Bonchev–Trinajstić information content (AvgIpc) is 2.20. The number of benzene rings is 1. The van der Waals surface area contributed by atoms with Crippen molar-refractivity contribution in [3.8, 4) is 0 Å². The highest BCUT2D eigenvalue weighted by molar-refractivity contribution is 7.99. The zero-order valence-corrected chi connectivity index (χ0v) is 9.20. The Morgan fingerprint density at radius 2 is 2.00 bits per heavy atom. The topological polar surface area (TPSA) is 46.2 Å². The summed E-state index contributed by atoms with van der Waals surface area (Å²) in [7, 11) is 0. The van der Waals surface area contributed by atoms with Gasteiger partial charge < -0.3 is 10.8 Å². The van der Waals surface area contributed by atoms with E-state index in [4.69, 9.17) is 10.8 Å². The molecule has 0 aliphatic rings. The molecule has 2 unspecified atom stereocenters. The fourth-order valence-corrected chi connectivity index (χ4v) is 2.16. The monoisotopic (exact) mass is 211 g/mol. The van der Waals surface area contributed by atoms with Crippen molar-refractivity contribution < 1.29 is 5.11 Å². The Labute approximate surface area is 89.5 Å². The summed E-state index contributed by atoms with van der Waals surface area (Å²) in [5, 5.41) is 9.21. The number of hydrogen-bond acceptors (Lipinski definition) is 3. The molecule has 0 fully saturated rings. The molecule has 0 aliphatic carbocycles. The van der Waals surface area contributed by atoms with Crippen LogP contribution in [0.5, 0.6) is 0 Å². The predicted molar refractivity (Wildman–Crippen MR) is 62.3 cm³/mol. The SMILES string of the molecule is CC(N)C(CO)SCc1ccccc1. The molecule has 0 bridgehead atoms. The maximum absolute atomic E-state index is 9.07. The molecule has 2 nitrogen and oxygen atoms in total. The van der Waals surface area contributed by atoms with Crippen molar-refractivity contribution in [2.75, 3.05) is 6.61 Å². The second kappa shape index (κ2) is 6.06. The fraction of sp³-hybridized carbons (Fsp3) is 0.455. The number of thioether (sulfide) groups is 1. The second-order valence-electron chi connectivity index (χ2n) is 3.38. The zero-order chi connectivity index (χ0) is 10.4. The third kappa shape index (κ3) is 3.70. The molecule has 0 saturated heterocycles. The van der Waals surface area contributed by atoms with Crippen LogP contribution in [0, 0.1) is 0 Å². The first-order chi connectivity index (χ1) is 6.74. The largest absolute Gasteiger partial charge is 0.395 e. The molecule has 1 rings (SSSR count). The van der Waals surface area contributed by atoms with E-state index in [0.717, 1.165) is 5.75 Å². The Balaban J connectivity index is 2.40. The van der Waals surface area contributed by atoms with Crippen molar-refractivity contribution in [1.82, 2.24) is 0 Å². The molecule has 0 radical (unpaired) electrons. The minimum absolute atomic E-state index is 0.0358. The van der Waals surface area contributed by atoms with Gasteiger partial charge in [0.25, 0.3) is 0 Å². The first-order valence-electron chi connectivity index (χ1n) is 4.76. The smallest absolute Gasteiger partial charge is 0.0565 e. The van der Waals surface area contributed by atoms with Crippen LogP contribution in [0.3, 0.4) is 0 Å². The Morgan fingerprint density at radius 1 is 1.36 bits per heavy atom. The van der Waals surface area contributed by atoms with Gasteiger partial charge in [-0.15, -0.1) is 11.8 Å². The van der Waals surface area contributed by atoms with Crippen molar-refractivity contribution in [3.05, 3.63) is 35.9 Å². The lowest BCUT2D eigenvalue weighted by Crippen LogP contribution is -2.31. The van der Waals surface area contributed by atoms with Crippen LogP contribution in [0.15, 0.2) is 30.3 Å². The van der Waals surface area contributed by atoms with Crippen molar-refractivity contribution >= 4 is 11.8 Å². The van der Waals surface area contributed by atoms with Crippen LogP contribution < -0.4 is 5.73 Å².